The first kappa shape index (κ1) is 42.0. The molecule has 4 nitrogen and oxygen atoms in total. The largest absolute Gasteiger partial charge is 0.333 e. The molecule has 60 heavy (non-hydrogen) atoms. The van der Waals surface area contributed by atoms with Gasteiger partial charge in [-0.3, -0.25) is 4.98 Å². The zero-order chi connectivity index (χ0) is 41.4. The van der Waals surface area contributed by atoms with Crippen LogP contribution in [0, 0.1) is 26.0 Å². The van der Waals surface area contributed by atoms with Crippen molar-refractivity contribution in [2.24, 2.45) is 0 Å². The standard InChI is InChI=1S/C29H24N3S.C24H26GeN.Ir/c1-18-12-17-22-21-8-7-9-23(26(21)33-28(22)30-18)27-31-24-10-5-6-11-25(24)32(27)20-15-13-19(14-16-20)29(2,3)4;1-16-14-22(26-15-21(16)25(4,5)6)19-12-9-11-18-17-10-7-8-13-20(17)24(2,3)23(18)19;/h5-8,10-17H,1-4H3;7-11,13-15H,1-6H3;/q2*-1;. The number of aryl methyl sites for hydroxylation is 2. The van der Waals surface area contributed by atoms with E-state index in [1.807, 2.05) is 19.1 Å². The summed E-state index contributed by atoms with van der Waals surface area (Å²) in [6.45, 7) is 15.6. The Kier molecular flexibility index (Phi) is 10.9. The summed E-state index contributed by atoms with van der Waals surface area (Å²) in [7, 11) is 0. The summed E-state index contributed by atoms with van der Waals surface area (Å²) >= 11 is -0.172. The number of thiophene rings is 1. The number of hydrogen-bond acceptors (Lipinski definition) is 4. The molecule has 0 atom stereocenters. The molecule has 1 aliphatic carbocycles. The molecule has 0 N–H and O–H groups in total. The molecule has 0 fully saturated rings. The van der Waals surface area contributed by atoms with Crippen molar-refractivity contribution in [2.75, 3.05) is 0 Å². The molecule has 0 unspecified atom stereocenters. The average molecular weight is 1040 g/mol. The van der Waals surface area contributed by atoms with Gasteiger partial charge in [-0.1, -0.05) is 62.1 Å². The van der Waals surface area contributed by atoms with Crippen LogP contribution in [-0.2, 0) is 30.9 Å². The van der Waals surface area contributed by atoms with Crippen molar-refractivity contribution in [1.82, 2.24) is 19.5 Å². The number of hydrogen-bond donors (Lipinski definition) is 0. The van der Waals surface area contributed by atoms with E-state index in [0.29, 0.717) is 0 Å². The molecule has 1 aliphatic rings. The molecule has 0 bridgehead atoms. The van der Waals surface area contributed by atoms with E-state index in [2.05, 4.69) is 185 Å². The van der Waals surface area contributed by atoms with Gasteiger partial charge in [-0.2, -0.15) is 11.3 Å². The zero-order valence-corrected chi connectivity index (χ0v) is 41.4. The molecule has 4 heterocycles. The van der Waals surface area contributed by atoms with Gasteiger partial charge in [-0.15, -0.1) is 18.2 Å². The molecule has 1 radical (unpaired) electrons. The van der Waals surface area contributed by atoms with E-state index in [-0.39, 0.29) is 30.9 Å². The Morgan fingerprint density at radius 2 is 1.43 bits per heavy atom. The van der Waals surface area contributed by atoms with Gasteiger partial charge in [0.1, 0.15) is 4.83 Å². The van der Waals surface area contributed by atoms with Gasteiger partial charge in [0.05, 0.1) is 16.9 Å². The Bertz CT molecular complexity index is 3070. The molecule has 303 valence electrons. The summed E-state index contributed by atoms with van der Waals surface area (Å²) in [5.74, 6) is 8.19. The number of rotatable bonds is 4. The molecular formula is C53H50GeIrN4S-2. The normalized spacial score (nSPS) is 13.2. The van der Waals surface area contributed by atoms with E-state index >= 15 is 0 Å². The summed E-state index contributed by atoms with van der Waals surface area (Å²) in [5, 5.41) is 2.39. The molecule has 0 spiro atoms. The second kappa shape index (κ2) is 15.6. The summed E-state index contributed by atoms with van der Waals surface area (Å²) in [6, 6.07) is 47.9. The number of para-hydroxylation sites is 2. The fourth-order valence-corrected chi connectivity index (χ4v) is 13.7. The van der Waals surface area contributed by atoms with Crippen molar-refractivity contribution in [3.05, 3.63) is 162 Å². The van der Waals surface area contributed by atoms with Crippen molar-refractivity contribution < 1.29 is 20.1 Å². The van der Waals surface area contributed by atoms with Crippen molar-refractivity contribution in [3.8, 4) is 39.5 Å². The minimum absolute atomic E-state index is 0. The summed E-state index contributed by atoms with van der Waals surface area (Å²) < 4.78 is 4.92. The van der Waals surface area contributed by atoms with E-state index < -0.39 is 13.3 Å². The number of pyridine rings is 2. The smallest absolute Gasteiger partial charge is 0.113 e. The molecule has 5 aromatic carbocycles. The van der Waals surface area contributed by atoms with Crippen molar-refractivity contribution in [2.45, 2.75) is 76.6 Å². The third-order valence-corrected chi connectivity index (χ3v) is 17.5. The van der Waals surface area contributed by atoms with Crippen LogP contribution in [0.15, 0.2) is 121 Å². The van der Waals surface area contributed by atoms with E-state index in [4.69, 9.17) is 15.0 Å². The second-order valence-corrected chi connectivity index (χ2v) is 30.1. The maximum atomic E-state index is 5.09. The molecule has 10 rings (SSSR count). The third-order valence-electron chi connectivity index (χ3n) is 11.9. The Morgan fingerprint density at radius 3 is 2.17 bits per heavy atom. The Labute approximate surface area is 374 Å². The molecule has 0 aliphatic heterocycles. The van der Waals surface area contributed by atoms with Crippen LogP contribution >= 0.6 is 11.3 Å². The molecule has 7 heteroatoms. The number of benzene rings is 5. The van der Waals surface area contributed by atoms with Crippen LogP contribution in [-0.4, -0.2) is 32.8 Å². The topological polar surface area (TPSA) is 43.6 Å². The second-order valence-electron chi connectivity index (χ2n) is 18.5. The van der Waals surface area contributed by atoms with E-state index in [9.17, 15) is 0 Å². The molecule has 4 aromatic heterocycles. The van der Waals surface area contributed by atoms with Gasteiger partial charge in [0.2, 0.25) is 0 Å². The molecule has 0 saturated carbocycles. The summed E-state index contributed by atoms with van der Waals surface area (Å²) in [6.07, 6.45) is 2.13. The first-order chi connectivity index (χ1) is 28.1. The molecule has 0 amide bonds. The van der Waals surface area contributed by atoms with Gasteiger partial charge >= 0.3 is 160 Å². The van der Waals surface area contributed by atoms with E-state index in [1.54, 1.807) is 11.3 Å². The van der Waals surface area contributed by atoms with E-state index in [0.717, 1.165) is 49.9 Å². The maximum Gasteiger partial charge on any atom is 0.113 e. The van der Waals surface area contributed by atoms with Crippen molar-refractivity contribution >= 4 is 60.3 Å². The predicted molar refractivity (Wildman–Crippen MR) is 253 cm³/mol. The Balaban J connectivity index is 0.000000168. The summed E-state index contributed by atoms with van der Waals surface area (Å²) in [5.41, 5.74) is 15.6. The van der Waals surface area contributed by atoms with Crippen LogP contribution in [0.5, 0.6) is 0 Å². The minimum Gasteiger partial charge on any atom is -0.333 e. The molecule has 0 saturated heterocycles. The van der Waals surface area contributed by atoms with Gasteiger partial charge in [0.15, 0.2) is 0 Å². The fraction of sp³-hybridized carbons (Fsp3) is 0.226. The van der Waals surface area contributed by atoms with Crippen molar-refractivity contribution in [1.29, 1.82) is 0 Å². The van der Waals surface area contributed by atoms with Gasteiger partial charge in [0, 0.05) is 31.5 Å². The minimum atomic E-state index is -1.89. The van der Waals surface area contributed by atoms with E-state index in [1.165, 1.54) is 53.2 Å². The van der Waals surface area contributed by atoms with Gasteiger partial charge in [-0.25, -0.2) is 4.98 Å². The summed E-state index contributed by atoms with van der Waals surface area (Å²) in [4.78, 5) is 15.8. The van der Waals surface area contributed by atoms with Crippen LogP contribution in [0.2, 0.25) is 17.3 Å². The molecule has 9 aromatic rings. The monoisotopic (exact) mass is 1040 g/mol. The first-order valence-corrected chi connectivity index (χ1v) is 28.7. The molecular weight excluding hydrogens is 990 g/mol. The SMILES string of the molecule is Cc1cc(-c2[c-]ccc3c2C(C)(C)c2ccccc2-3)nc[c]1[Ge]([CH3])([CH3])[CH3].Cc1ccc2c(n1)sc1c(-c3nc4ccccc4n3-c3ccc(C(C)(C)C)cc3)[c-]ccc12.[Ir]. The Hall–Kier alpha value is -4.72. The maximum absolute atomic E-state index is 5.09. The van der Waals surface area contributed by atoms with Gasteiger partial charge < -0.3 is 4.57 Å². The van der Waals surface area contributed by atoms with Crippen LogP contribution in [0.1, 0.15) is 62.6 Å². The van der Waals surface area contributed by atoms with Crippen molar-refractivity contribution in [3.63, 3.8) is 0 Å². The number of aromatic nitrogens is 4. The average Bonchev–Trinajstić information content (AvgIpc) is 3.85. The van der Waals surface area contributed by atoms with Crippen LogP contribution in [0.25, 0.3) is 70.8 Å². The third kappa shape index (κ3) is 7.30. The quantitative estimate of drug-likeness (QED) is 0.130. The Morgan fingerprint density at radius 1 is 0.733 bits per heavy atom. The van der Waals surface area contributed by atoms with Crippen LogP contribution < -0.4 is 4.40 Å². The fourth-order valence-electron chi connectivity index (χ4n) is 8.90. The number of nitrogens with zero attached hydrogens (tertiary/aromatic N) is 4. The number of fused-ring (bicyclic) bond motifs is 7. The van der Waals surface area contributed by atoms with Gasteiger partial charge in [0.25, 0.3) is 0 Å². The van der Waals surface area contributed by atoms with Gasteiger partial charge in [-0.05, 0) is 58.3 Å². The first-order valence-electron chi connectivity index (χ1n) is 20.5. The number of imidazole rings is 1. The van der Waals surface area contributed by atoms with Crippen LogP contribution in [0.4, 0.5) is 0 Å². The predicted octanol–water partition coefficient (Wildman–Crippen LogP) is 13.6. The zero-order valence-electron chi connectivity index (χ0n) is 36.1. The van der Waals surface area contributed by atoms with Crippen LogP contribution in [0.3, 0.4) is 0 Å².